The van der Waals surface area contributed by atoms with Crippen molar-refractivity contribution in [2.75, 3.05) is 34.4 Å². The minimum absolute atomic E-state index is 0.179. The van der Waals surface area contributed by atoms with Crippen molar-refractivity contribution in [2.45, 2.75) is 6.42 Å². The van der Waals surface area contributed by atoms with E-state index in [0.29, 0.717) is 22.8 Å². The average molecular weight is 428 g/mol. The number of allylic oxidation sites excluding steroid dienone is 1. The molecule has 2 aliphatic heterocycles. The number of carbonyl (C=O) groups is 1. The van der Waals surface area contributed by atoms with Crippen molar-refractivity contribution in [3.63, 3.8) is 0 Å². The zero-order chi connectivity index (χ0) is 22.2. The molecule has 0 spiro atoms. The smallest absolute Gasteiger partial charge is 0.235 e. The number of likely N-dealkylation sites (N-methyl/N-ethyl adjacent to an activating group) is 1. The molecule has 5 rings (SSSR count). The molecular formula is C27H25NO4. The lowest BCUT2D eigenvalue weighted by Crippen LogP contribution is -2.23. The molecule has 5 heteroatoms. The Hall–Kier alpha value is -3.57. The van der Waals surface area contributed by atoms with Gasteiger partial charge in [-0.2, -0.15) is 0 Å². The van der Waals surface area contributed by atoms with Crippen LogP contribution in [0.2, 0.25) is 0 Å². The Morgan fingerprint density at radius 1 is 1.00 bits per heavy atom. The third-order valence-corrected chi connectivity index (χ3v) is 6.16. The van der Waals surface area contributed by atoms with E-state index in [1.165, 1.54) is 0 Å². The maximum atomic E-state index is 13.5. The summed E-state index contributed by atoms with van der Waals surface area (Å²) in [7, 11) is 5.28. The van der Waals surface area contributed by atoms with Gasteiger partial charge in [0.05, 0.1) is 19.8 Å². The molecular weight excluding hydrogens is 402 g/mol. The van der Waals surface area contributed by atoms with Gasteiger partial charge in [-0.25, -0.2) is 0 Å². The van der Waals surface area contributed by atoms with Crippen LogP contribution in [0, 0.1) is 0 Å². The first-order valence-corrected chi connectivity index (χ1v) is 10.7. The molecule has 0 saturated heterocycles. The average Bonchev–Trinajstić information content (AvgIpc) is 3.15. The second-order valence-corrected chi connectivity index (χ2v) is 8.11. The van der Waals surface area contributed by atoms with Crippen molar-refractivity contribution in [2.24, 2.45) is 0 Å². The maximum absolute atomic E-state index is 13.5. The van der Waals surface area contributed by atoms with Gasteiger partial charge in [0.25, 0.3) is 0 Å². The van der Waals surface area contributed by atoms with Gasteiger partial charge < -0.3 is 19.1 Å². The first-order valence-electron chi connectivity index (χ1n) is 10.7. The van der Waals surface area contributed by atoms with Gasteiger partial charge in [0.2, 0.25) is 5.78 Å². The highest BCUT2D eigenvalue weighted by molar-refractivity contribution is 6.18. The van der Waals surface area contributed by atoms with Gasteiger partial charge >= 0.3 is 0 Å². The maximum Gasteiger partial charge on any atom is 0.235 e. The summed E-state index contributed by atoms with van der Waals surface area (Å²) in [6.45, 7) is 1.77. The van der Waals surface area contributed by atoms with Crippen LogP contribution in [0.1, 0.15) is 27.9 Å². The Bertz CT molecular complexity index is 1280. The summed E-state index contributed by atoms with van der Waals surface area (Å²) >= 11 is 0. The molecule has 3 aromatic carbocycles. The lowest BCUT2D eigenvalue weighted by molar-refractivity contribution is 0.101. The van der Waals surface area contributed by atoms with Gasteiger partial charge in [0.1, 0.15) is 17.1 Å². The van der Waals surface area contributed by atoms with Gasteiger partial charge in [-0.1, -0.05) is 48.5 Å². The molecule has 5 nitrogen and oxygen atoms in total. The topological polar surface area (TPSA) is 48.0 Å². The summed E-state index contributed by atoms with van der Waals surface area (Å²) in [6.07, 6.45) is 4.85. The minimum Gasteiger partial charge on any atom is -0.496 e. The van der Waals surface area contributed by atoms with Gasteiger partial charge in [-0.3, -0.25) is 4.79 Å². The summed E-state index contributed by atoms with van der Waals surface area (Å²) < 4.78 is 17.5. The predicted octanol–water partition coefficient (Wildman–Crippen LogP) is 5.19. The van der Waals surface area contributed by atoms with E-state index in [1.54, 1.807) is 20.3 Å². The second kappa shape index (κ2) is 8.17. The molecule has 162 valence electrons. The van der Waals surface area contributed by atoms with Gasteiger partial charge in [0, 0.05) is 19.2 Å². The van der Waals surface area contributed by atoms with Crippen LogP contribution in [0.5, 0.6) is 17.2 Å². The van der Waals surface area contributed by atoms with Crippen LogP contribution in [-0.4, -0.2) is 45.0 Å². The predicted molar refractivity (Wildman–Crippen MR) is 127 cm³/mol. The van der Waals surface area contributed by atoms with E-state index in [9.17, 15) is 4.79 Å². The van der Waals surface area contributed by atoms with Crippen LogP contribution in [0.25, 0.3) is 22.4 Å². The highest BCUT2D eigenvalue weighted by atomic mass is 16.5. The molecule has 2 aliphatic rings. The van der Waals surface area contributed by atoms with Crippen molar-refractivity contribution in [3.8, 4) is 17.2 Å². The summed E-state index contributed by atoms with van der Waals surface area (Å²) in [6, 6.07) is 15.9. The number of hydrogen-bond acceptors (Lipinski definition) is 5. The Morgan fingerprint density at radius 3 is 2.50 bits per heavy atom. The number of ketones is 1. The Labute approximate surface area is 187 Å². The van der Waals surface area contributed by atoms with Crippen LogP contribution in [0.3, 0.4) is 0 Å². The van der Waals surface area contributed by atoms with Crippen molar-refractivity contribution in [1.29, 1.82) is 0 Å². The quantitative estimate of drug-likeness (QED) is 0.536. The van der Waals surface area contributed by atoms with E-state index in [4.69, 9.17) is 14.2 Å². The Morgan fingerprint density at radius 2 is 1.75 bits per heavy atom. The third-order valence-electron chi connectivity index (χ3n) is 6.16. The van der Waals surface area contributed by atoms with Crippen molar-refractivity contribution in [1.82, 2.24) is 4.90 Å². The number of fused-ring (bicyclic) bond motifs is 2. The molecule has 3 aromatic rings. The molecule has 2 heterocycles. The molecule has 0 unspecified atom stereocenters. The number of methoxy groups -OCH3 is 2. The lowest BCUT2D eigenvalue weighted by Gasteiger charge is -2.24. The highest BCUT2D eigenvalue weighted by Gasteiger charge is 2.36. The second-order valence-electron chi connectivity index (χ2n) is 8.11. The van der Waals surface area contributed by atoms with Gasteiger partial charge in [-0.05, 0) is 41.5 Å². The molecule has 0 fully saturated rings. The summed E-state index contributed by atoms with van der Waals surface area (Å²) in [5, 5.41) is 2.18. The van der Waals surface area contributed by atoms with Crippen LogP contribution in [0.4, 0.5) is 0 Å². The third kappa shape index (κ3) is 3.35. The molecule has 0 atom stereocenters. The fourth-order valence-electron chi connectivity index (χ4n) is 4.45. The number of Topliss-reactive ketones (excluding diaryl/α,β-unsaturated/α-hetero) is 1. The molecule has 0 saturated carbocycles. The van der Waals surface area contributed by atoms with E-state index in [-0.39, 0.29) is 11.5 Å². The van der Waals surface area contributed by atoms with Crippen molar-refractivity contribution < 1.29 is 19.0 Å². The van der Waals surface area contributed by atoms with Crippen LogP contribution in [-0.2, 0) is 0 Å². The van der Waals surface area contributed by atoms with Crippen LogP contribution in [0.15, 0.2) is 60.4 Å². The minimum atomic E-state index is -0.179. The Balaban J connectivity index is 1.66. The lowest BCUT2D eigenvalue weighted by atomic mass is 9.94. The number of benzene rings is 3. The number of hydrogen-bond donors (Lipinski definition) is 0. The molecule has 0 radical (unpaired) electrons. The summed E-state index contributed by atoms with van der Waals surface area (Å²) in [5.41, 5.74) is 3.35. The van der Waals surface area contributed by atoms with E-state index < -0.39 is 0 Å². The molecule has 0 bridgehead atoms. The van der Waals surface area contributed by atoms with E-state index >= 15 is 0 Å². The fourth-order valence-corrected chi connectivity index (χ4v) is 4.45. The Kier molecular flexibility index (Phi) is 5.19. The van der Waals surface area contributed by atoms with Gasteiger partial charge in [0.15, 0.2) is 11.5 Å². The number of ether oxygens (including phenoxy) is 3. The molecule has 0 amide bonds. The van der Waals surface area contributed by atoms with E-state index in [1.807, 2.05) is 36.4 Å². The summed E-state index contributed by atoms with van der Waals surface area (Å²) in [4.78, 5) is 15.7. The highest BCUT2D eigenvalue weighted by Crippen LogP contribution is 2.49. The van der Waals surface area contributed by atoms with E-state index in [0.717, 1.165) is 47.0 Å². The zero-order valence-corrected chi connectivity index (χ0v) is 18.5. The zero-order valence-electron chi connectivity index (χ0n) is 18.5. The van der Waals surface area contributed by atoms with Crippen molar-refractivity contribution >= 4 is 28.2 Å². The van der Waals surface area contributed by atoms with Gasteiger partial charge in [-0.15, -0.1) is 0 Å². The fraction of sp³-hybridized carbons (Fsp3) is 0.222. The largest absolute Gasteiger partial charge is 0.496 e. The summed E-state index contributed by atoms with van der Waals surface area (Å²) in [5.74, 6) is 1.74. The van der Waals surface area contributed by atoms with Crippen LogP contribution >= 0.6 is 0 Å². The monoisotopic (exact) mass is 427 g/mol. The number of nitrogens with zero attached hydrogens (tertiary/aromatic N) is 1. The first-order chi connectivity index (χ1) is 15.6. The van der Waals surface area contributed by atoms with Crippen molar-refractivity contribution in [3.05, 3.63) is 77.1 Å². The molecule has 0 aliphatic carbocycles. The SMILES string of the molecule is COc1cc(OC)c(C2=CCN(C)CC2)c2c1C(=O)/C(=C/c1cccc3ccccc13)O2. The normalized spacial score (nSPS) is 17.3. The molecule has 32 heavy (non-hydrogen) atoms. The number of carbonyl (C=O) groups excluding carboxylic acids is 1. The molecule has 0 aromatic heterocycles. The van der Waals surface area contributed by atoms with Crippen LogP contribution < -0.4 is 14.2 Å². The number of rotatable bonds is 4. The standard InChI is InChI=1S/C27H25NO4/c1-28-13-11-18(12-14-28)24-21(30-2)16-22(31-3)25-26(29)23(32-27(24)25)15-19-9-6-8-17-7-4-5-10-20(17)19/h4-11,15-16H,12-14H2,1-3H3/b23-15-. The van der Waals surface area contributed by atoms with E-state index in [2.05, 4.69) is 30.2 Å². The molecule has 0 N–H and O–H groups in total. The first kappa shape index (κ1) is 20.3.